The fraction of sp³-hybridized carbons (Fsp3) is 0.417. The molecule has 0 saturated heterocycles. The van der Waals surface area contributed by atoms with E-state index in [0.29, 0.717) is 0 Å². The van der Waals surface area contributed by atoms with Gasteiger partial charge in [-0.3, -0.25) is 4.79 Å². The molecule has 0 aliphatic rings. The van der Waals surface area contributed by atoms with Gasteiger partial charge in [-0.2, -0.15) is 0 Å². The Bertz CT molecular complexity index is 338. The van der Waals surface area contributed by atoms with Crippen LogP contribution in [0.25, 0.3) is 0 Å². The van der Waals surface area contributed by atoms with Gasteiger partial charge in [0.2, 0.25) is 0 Å². The number of hydrogen-bond donors (Lipinski definition) is 0. The number of alkyl halides is 2. The molecule has 0 radical (unpaired) electrons. The summed E-state index contributed by atoms with van der Waals surface area (Å²) in [7, 11) is 0. The zero-order valence-corrected chi connectivity index (χ0v) is 12.1. The molecule has 82 valence electrons. The van der Waals surface area contributed by atoms with E-state index in [0.717, 1.165) is 17.3 Å². The van der Waals surface area contributed by atoms with Crippen molar-refractivity contribution in [3.05, 3.63) is 34.9 Å². The summed E-state index contributed by atoms with van der Waals surface area (Å²) in [4.78, 5) is 11.1. The Morgan fingerprint density at radius 1 is 1.33 bits per heavy atom. The third kappa shape index (κ3) is 3.42. The zero-order valence-electron chi connectivity index (χ0n) is 8.89. The number of hydrogen-bond acceptors (Lipinski definition) is 1. The lowest BCUT2D eigenvalue weighted by atomic mass is 10.0. The van der Waals surface area contributed by atoms with E-state index in [4.69, 9.17) is 0 Å². The molecule has 0 amide bonds. The molecule has 0 aliphatic carbocycles. The van der Waals surface area contributed by atoms with Crippen molar-refractivity contribution in [1.82, 2.24) is 0 Å². The SMILES string of the molecule is CCc1cc(CBr)cc(C(Br)C(C)=O)c1. The molecule has 0 N–H and O–H groups in total. The molecule has 0 aromatic heterocycles. The van der Waals surface area contributed by atoms with Gasteiger partial charge in [0.15, 0.2) is 0 Å². The van der Waals surface area contributed by atoms with Gasteiger partial charge in [0.1, 0.15) is 5.78 Å². The number of benzene rings is 1. The van der Waals surface area contributed by atoms with E-state index in [1.807, 2.05) is 0 Å². The summed E-state index contributed by atoms with van der Waals surface area (Å²) >= 11 is 6.85. The van der Waals surface area contributed by atoms with Crippen molar-refractivity contribution in [2.45, 2.75) is 30.4 Å². The first-order valence-electron chi connectivity index (χ1n) is 4.91. The number of rotatable bonds is 4. The second kappa shape index (κ2) is 5.80. The number of halogens is 2. The minimum atomic E-state index is -0.179. The second-order valence-electron chi connectivity index (χ2n) is 3.54. The molecule has 0 spiro atoms. The average Bonchev–Trinajstić information content (AvgIpc) is 2.27. The predicted molar refractivity (Wildman–Crippen MR) is 70.8 cm³/mol. The third-order valence-corrected chi connectivity index (χ3v) is 4.11. The molecule has 1 aromatic carbocycles. The molecular formula is C12H14Br2O. The number of Topliss-reactive ketones (excluding diaryl/α,β-unsaturated/α-hetero) is 1. The molecule has 0 aliphatic heterocycles. The van der Waals surface area contributed by atoms with Crippen molar-refractivity contribution in [2.75, 3.05) is 0 Å². The summed E-state index contributed by atoms with van der Waals surface area (Å²) < 4.78 is 0. The Morgan fingerprint density at radius 2 is 1.93 bits per heavy atom. The molecule has 0 heterocycles. The quantitative estimate of drug-likeness (QED) is 0.756. The Labute approximate surface area is 108 Å². The van der Waals surface area contributed by atoms with Crippen LogP contribution in [0.5, 0.6) is 0 Å². The molecule has 3 heteroatoms. The van der Waals surface area contributed by atoms with Crippen LogP contribution in [0.4, 0.5) is 0 Å². The molecule has 0 bridgehead atoms. The van der Waals surface area contributed by atoms with Crippen molar-refractivity contribution in [3.8, 4) is 0 Å². The maximum Gasteiger partial charge on any atom is 0.147 e. The van der Waals surface area contributed by atoms with Crippen LogP contribution in [-0.2, 0) is 16.5 Å². The van der Waals surface area contributed by atoms with Crippen LogP contribution in [0.15, 0.2) is 18.2 Å². The van der Waals surface area contributed by atoms with Gasteiger partial charge in [0.05, 0.1) is 4.83 Å². The predicted octanol–water partition coefficient (Wildman–Crippen LogP) is 4.17. The smallest absolute Gasteiger partial charge is 0.147 e. The molecule has 1 aromatic rings. The molecule has 15 heavy (non-hydrogen) atoms. The van der Waals surface area contributed by atoms with E-state index >= 15 is 0 Å². The molecule has 1 rings (SSSR count). The van der Waals surface area contributed by atoms with Gasteiger partial charge in [0.25, 0.3) is 0 Å². The van der Waals surface area contributed by atoms with Crippen molar-refractivity contribution >= 4 is 37.6 Å². The summed E-state index contributed by atoms with van der Waals surface area (Å²) in [5.41, 5.74) is 3.54. The van der Waals surface area contributed by atoms with Crippen molar-refractivity contribution in [2.24, 2.45) is 0 Å². The number of carbonyl (C=O) groups excluding carboxylic acids is 1. The summed E-state index contributed by atoms with van der Waals surface area (Å²) in [6.45, 7) is 3.72. The van der Waals surface area contributed by atoms with Crippen LogP contribution in [0.2, 0.25) is 0 Å². The van der Waals surface area contributed by atoms with E-state index in [1.54, 1.807) is 6.92 Å². The van der Waals surface area contributed by atoms with Crippen LogP contribution >= 0.6 is 31.9 Å². The molecule has 1 unspecified atom stereocenters. The van der Waals surface area contributed by atoms with Gasteiger partial charge in [-0.15, -0.1) is 0 Å². The summed E-state index contributed by atoms with van der Waals surface area (Å²) in [6, 6.07) is 6.32. The van der Waals surface area contributed by atoms with E-state index in [-0.39, 0.29) is 10.6 Å². The largest absolute Gasteiger partial charge is 0.298 e. The first-order valence-corrected chi connectivity index (χ1v) is 6.95. The third-order valence-electron chi connectivity index (χ3n) is 2.29. The maximum absolute atomic E-state index is 11.3. The number of ketones is 1. The van der Waals surface area contributed by atoms with Crippen LogP contribution in [-0.4, -0.2) is 5.78 Å². The number of aryl methyl sites for hydroxylation is 1. The lowest BCUT2D eigenvalue weighted by Crippen LogP contribution is -2.02. The van der Waals surface area contributed by atoms with Gasteiger partial charge in [-0.1, -0.05) is 57.0 Å². The molecule has 0 saturated carbocycles. The fourth-order valence-corrected chi connectivity index (χ4v) is 2.04. The van der Waals surface area contributed by atoms with Crippen molar-refractivity contribution in [1.29, 1.82) is 0 Å². The van der Waals surface area contributed by atoms with Crippen LogP contribution in [0.1, 0.15) is 35.4 Å². The van der Waals surface area contributed by atoms with Gasteiger partial charge in [0, 0.05) is 5.33 Å². The van der Waals surface area contributed by atoms with Crippen molar-refractivity contribution in [3.63, 3.8) is 0 Å². The van der Waals surface area contributed by atoms with Gasteiger partial charge >= 0.3 is 0 Å². The van der Waals surface area contributed by atoms with Crippen LogP contribution in [0.3, 0.4) is 0 Å². The van der Waals surface area contributed by atoms with Crippen LogP contribution in [0, 0.1) is 0 Å². The first-order chi connectivity index (χ1) is 7.08. The summed E-state index contributed by atoms with van der Waals surface area (Å²) in [5.74, 6) is 0.142. The Morgan fingerprint density at radius 3 is 2.40 bits per heavy atom. The Hall–Kier alpha value is -0.150. The topological polar surface area (TPSA) is 17.1 Å². The molecule has 1 nitrogen and oxygen atoms in total. The standard InChI is InChI=1S/C12H14Br2O/c1-3-9-4-10(7-13)6-11(5-9)12(14)8(2)15/h4-6,12H,3,7H2,1-2H3. The average molecular weight is 334 g/mol. The highest BCUT2D eigenvalue weighted by Crippen LogP contribution is 2.26. The van der Waals surface area contributed by atoms with Crippen LogP contribution < -0.4 is 0 Å². The summed E-state index contributed by atoms with van der Waals surface area (Å²) in [6.07, 6.45) is 0.992. The second-order valence-corrected chi connectivity index (χ2v) is 5.02. The summed E-state index contributed by atoms with van der Waals surface area (Å²) in [5, 5.41) is 0.825. The highest BCUT2D eigenvalue weighted by atomic mass is 79.9. The van der Waals surface area contributed by atoms with Crippen molar-refractivity contribution < 1.29 is 4.79 Å². The highest BCUT2D eigenvalue weighted by Gasteiger charge is 2.13. The molecule has 0 fully saturated rings. The minimum absolute atomic E-state index is 0.142. The number of carbonyl (C=O) groups is 1. The van der Waals surface area contributed by atoms with Gasteiger partial charge < -0.3 is 0 Å². The maximum atomic E-state index is 11.3. The zero-order chi connectivity index (χ0) is 11.4. The van der Waals surface area contributed by atoms with Gasteiger partial charge in [-0.05, 0) is 30.0 Å². The van der Waals surface area contributed by atoms with E-state index < -0.39 is 0 Å². The van der Waals surface area contributed by atoms with Gasteiger partial charge in [-0.25, -0.2) is 0 Å². The normalized spacial score (nSPS) is 12.5. The molecule has 1 atom stereocenters. The highest BCUT2D eigenvalue weighted by molar-refractivity contribution is 9.09. The Balaban J connectivity index is 3.11. The fourth-order valence-electron chi connectivity index (χ4n) is 1.45. The molecular weight excluding hydrogens is 320 g/mol. The van der Waals surface area contributed by atoms with E-state index in [1.165, 1.54) is 11.1 Å². The monoisotopic (exact) mass is 332 g/mol. The first kappa shape index (κ1) is 12.9. The van der Waals surface area contributed by atoms with E-state index in [2.05, 4.69) is 57.0 Å². The minimum Gasteiger partial charge on any atom is -0.298 e. The lowest BCUT2D eigenvalue weighted by molar-refractivity contribution is -0.116. The Kier molecular flexibility index (Phi) is 5.00. The lowest BCUT2D eigenvalue weighted by Gasteiger charge is -2.10. The van der Waals surface area contributed by atoms with E-state index in [9.17, 15) is 4.79 Å².